The van der Waals surface area contributed by atoms with E-state index in [0.29, 0.717) is 0 Å². The summed E-state index contributed by atoms with van der Waals surface area (Å²) in [6.45, 7) is 10.9. The Morgan fingerprint density at radius 2 is 1.55 bits per heavy atom. The third-order valence-electron chi connectivity index (χ3n) is 1.60. The van der Waals surface area contributed by atoms with E-state index in [1.807, 2.05) is 0 Å². The topological polar surface area (TPSA) is 18.5 Å². The Morgan fingerprint density at radius 1 is 1.09 bits per heavy atom. The molecule has 0 aliphatic carbocycles. The van der Waals surface area contributed by atoms with Gasteiger partial charge in [-0.05, 0) is 32.2 Å². The summed E-state index contributed by atoms with van der Waals surface area (Å²) in [4.78, 5) is 0. The van der Waals surface area contributed by atoms with Gasteiger partial charge in [0.2, 0.25) is 0 Å². The highest BCUT2D eigenvalue weighted by molar-refractivity contribution is 6.81. The summed E-state index contributed by atoms with van der Waals surface area (Å²) >= 11 is 0. The summed E-state index contributed by atoms with van der Waals surface area (Å²) in [6, 6.07) is 1.04. The van der Waals surface area contributed by atoms with Crippen LogP contribution in [-0.2, 0) is 8.54 Å². The molecule has 0 saturated carbocycles. The van der Waals surface area contributed by atoms with E-state index in [0.717, 1.165) is 6.04 Å². The van der Waals surface area contributed by atoms with Crippen molar-refractivity contribution in [2.24, 2.45) is 0 Å². The SMILES string of the molecule is CC[Si](C)(OC)O[Si](C)(C)C. The van der Waals surface area contributed by atoms with Gasteiger partial charge in [-0.25, -0.2) is 0 Å². The molecule has 0 aromatic rings. The molecule has 0 aliphatic rings. The molecule has 0 fully saturated rings. The second-order valence-electron chi connectivity index (χ2n) is 3.91. The van der Waals surface area contributed by atoms with Crippen molar-refractivity contribution in [1.82, 2.24) is 0 Å². The first-order valence-electron chi connectivity index (χ1n) is 4.08. The van der Waals surface area contributed by atoms with Crippen molar-refractivity contribution >= 4 is 16.9 Å². The van der Waals surface area contributed by atoms with Gasteiger partial charge < -0.3 is 8.54 Å². The molecular formula is C7H20O2Si2. The molecule has 0 aromatic carbocycles. The van der Waals surface area contributed by atoms with Gasteiger partial charge in [0, 0.05) is 7.11 Å². The Bertz CT molecular complexity index is 116. The maximum atomic E-state index is 5.98. The van der Waals surface area contributed by atoms with Crippen LogP contribution < -0.4 is 0 Å². The number of hydrogen-bond donors (Lipinski definition) is 0. The van der Waals surface area contributed by atoms with Crippen LogP contribution in [0.2, 0.25) is 32.2 Å². The van der Waals surface area contributed by atoms with Crippen LogP contribution in [-0.4, -0.2) is 24.0 Å². The van der Waals surface area contributed by atoms with Crippen LogP contribution in [0, 0.1) is 0 Å². The van der Waals surface area contributed by atoms with Crippen molar-refractivity contribution < 1.29 is 8.54 Å². The fraction of sp³-hybridized carbons (Fsp3) is 1.00. The van der Waals surface area contributed by atoms with E-state index in [2.05, 4.69) is 33.1 Å². The summed E-state index contributed by atoms with van der Waals surface area (Å²) in [5.74, 6) is 0. The third kappa shape index (κ3) is 4.73. The molecule has 4 heteroatoms. The van der Waals surface area contributed by atoms with Crippen LogP contribution in [0.1, 0.15) is 6.92 Å². The Labute approximate surface area is 72.3 Å². The standard InChI is InChI=1S/C7H20O2Si2/c1-7-11(6,8-2)9-10(3,4)5/h7H2,1-6H3. The maximum absolute atomic E-state index is 5.98. The molecular weight excluding hydrogens is 172 g/mol. The Morgan fingerprint density at radius 3 is 1.64 bits per heavy atom. The molecule has 0 rings (SSSR count). The lowest BCUT2D eigenvalue weighted by atomic mass is 11.0. The van der Waals surface area contributed by atoms with Gasteiger partial charge in [0.25, 0.3) is 0 Å². The number of rotatable bonds is 4. The second kappa shape index (κ2) is 3.84. The first-order chi connectivity index (χ1) is 4.83. The van der Waals surface area contributed by atoms with Gasteiger partial charge in [0.05, 0.1) is 0 Å². The average molecular weight is 192 g/mol. The van der Waals surface area contributed by atoms with Crippen molar-refractivity contribution in [3.05, 3.63) is 0 Å². The molecule has 1 atom stereocenters. The summed E-state index contributed by atoms with van der Waals surface area (Å²) in [6.07, 6.45) is 0. The Balaban J connectivity index is 4.08. The van der Waals surface area contributed by atoms with Gasteiger partial charge in [0.1, 0.15) is 0 Å². The fourth-order valence-corrected chi connectivity index (χ4v) is 7.29. The van der Waals surface area contributed by atoms with Crippen LogP contribution in [0.4, 0.5) is 0 Å². The van der Waals surface area contributed by atoms with Crippen LogP contribution in [0.3, 0.4) is 0 Å². The quantitative estimate of drug-likeness (QED) is 0.637. The van der Waals surface area contributed by atoms with Crippen molar-refractivity contribution in [1.29, 1.82) is 0 Å². The summed E-state index contributed by atoms with van der Waals surface area (Å²) in [5.41, 5.74) is 0. The zero-order valence-corrected chi connectivity index (χ0v) is 10.5. The molecule has 0 bridgehead atoms. The van der Waals surface area contributed by atoms with E-state index in [-0.39, 0.29) is 0 Å². The monoisotopic (exact) mass is 192 g/mol. The predicted molar refractivity (Wildman–Crippen MR) is 53.5 cm³/mol. The van der Waals surface area contributed by atoms with Crippen LogP contribution in [0.25, 0.3) is 0 Å². The fourth-order valence-electron chi connectivity index (χ4n) is 0.906. The van der Waals surface area contributed by atoms with Gasteiger partial charge in [-0.3, -0.25) is 0 Å². The van der Waals surface area contributed by atoms with E-state index in [1.54, 1.807) is 7.11 Å². The molecule has 0 aliphatic heterocycles. The van der Waals surface area contributed by atoms with Gasteiger partial charge in [-0.1, -0.05) is 6.92 Å². The molecule has 0 saturated heterocycles. The van der Waals surface area contributed by atoms with E-state index >= 15 is 0 Å². The molecule has 68 valence electrons. The molecule has 0 radical (unpaired) electrons. The zero-order chi connectivity index (χ0) is 9.12. The molecule has 0 amide bonds. The van der Waals surface area contributed by atoms with E-state index in [9.17, 15) is 0 Å². The average Bonchev–Trinajstić information content (AvgIpc) is 1.84. The summed E-state index contributed by atoms with van der Waals surface area (Å²) < 4.78 is 11.4. The van der Waals surface area contributed by atoms with Crippen molar-refractivity contribution in [3.8, 4) is 0 Å². The smallest absolute Gasteiger partial charge is 0.324 e. The van der Waals surface area contributed by atoms with E-state index in [1.165, 1.54) is 0 Å². The largest absolute Gasteiger partial charge is 0.436 e. The minimum Gasteiger partial charge on any atom is -0.436 e. The van der Waals surface area contributed by atoms with Crippen molar-refractivity contribution in [3.63, 3.8) is 0 Å². The van der Waals surface area contributed by atoms with E-state index < -0.39 is 16.9 Å². The molecule has 11 heavy (non-hydrogen) atoms. The lowest BCUT2D eigenvalue weighted by molar-refractivity contribution is 0.304. The first-order valence-corrected chi connectivity index (χ1v) is 10.0. The summed E-state index contributed by atoms with van der Waals surface area (Å²) in [5, 5.41) is 0. The highest BCUT2D eigenvalue weighted by Crippen LogP contribution is 2.17. The van der Waals surface area contributed by atoms with Gasteiger partial charge in [0.15, 0.2) is 8.32 Å². The highest BCUT2D eigenvalue weighted by atomic mass is 28.4. The van der Waals surface area contributed by atoms with Gasteiger partial charge in [-0.15, -0.1) is 0 Å². The lowest BCUT2D eigenvalue weighted by Gasteiger charge is -2.31. The molecule has 0 heterocycles. The molecule has 0 spiro atoms. The minimum absolute atomic E-state index is 1.04. The highest BCUT2D eigenvalue weighted by Gasteiger charge is 2.33. The van der Waals surface area contributed by atoms with Crippen LogP contribution in [0.15, 0.2) is 0 Å². The Kier molecular flexibility index (Phi) is 3.97. The van der Waals surface area contributed by atoms with E-state index in [4.69, 9.17) is 8.54 Å². The minimum atomic E-state index is -1.77. The van der Waals surface area contributed by atoms with Crippen molar-refractivity contribution in [2.75, 3.05) is 7.11 Å². The van der Waals surface area contributed by atoms with Gasteiger partial charge >= 0.3 is 8.56 Å². The number of hydrogen-bond acceptors (Lipinski definition) is 2. The molecule has 0 aromatic heterocycles. The third-order valence-corrected chi connectivity index (χ3v) is 7.92. The first kappa shape index (κ1) is 11.4. The Hall–Kier alpha value is 0.354. The zero-order valence-electron chi connectivity index (χ0n) is 8.52. The lowest BCUT2D eigenvalue weighted by Crippen LogP contribution is -2.45. The normalized spacial score (nSPS) is 18.0. The second-order valence-corrected chi connectivity index (χ2v) is 12.3. The van der Waals surface area contributed by atoms with Crippen molar-refractivity contribution in [2.45, 2.75) is 39.2 Å². The van der Waals surface area contributed by atoms with Crippen LogP contribution in [0.5, 0.6) is 0 Å². The van der Waals surface area contributed by atoms with Crippen LogP contribution >= 0.6 is 0 Å². The molecule has 2 nitrogen and oxygen atoms in total. The summed E-state index contributed by atoms with van der Waals surface area (Å²) in [7, 11) is -1.41. The van der Waals surface area contributed by atoms with Gasteiger partial charge in [-0.2, -0.15) is 0 Å². The molecule has 1 unspecified atom stereocenters. The predicted octanol–water partition coefficient (Wildman–Crippen LogP) is 2.58. The maximum Gasteiger partial charge on any atom is 0.324 e. The molecule has 0 N–H and O–H groups in total.